The summed E-state index contributed by atoms with van der Waals surface area (Å²) in [7, 11) is 0. The topological polar surface area (TPSA) is 21.3 Å². The Bertz CT molecular complexity index is 183. The maximum Gasteiger partial charge on any atom is 0.0506 e. The summed E-state index contributed by atoms with van der Waals surface area (Å²) in [4.78, 5) is 0. The molecule has 1 aliphatic heterocycles. The van der Waals surface area contributed by atoms with E-state index in [2.05, 4.69) is 19.2 Å². The van der Waals surface area contributed by atoms with E-state index in [1.54, 1.807) is 0 Å². The maximum atomic E-state index is 5.48. The quantitative estimate of drug-likeness (QED) is 0.746. The summed E-state index contributed by atoms with van der Waals surface area (Å²) in [6.45, 7) is 7.82. The minimum Gasteiger partial charge on any atom is -0.381 e. The molecule has 1 heterocycles. The summed E-state index contributed by atoms with van der Waals surface area (Å²) in [6, 6.07) is 0.685. The average molecular weight is 197 g/mol. The van der Waals surface area contributed by atoms with Crippen molar-refractivity contribution in [3.05, 3.63) is 0 Å². The summed E-state index contributed by atoms with van der Waals surface area (Å²) in [5.41, 5.74) is 0.607. The van der Waals surface area contributed by atoms with Crippen molar-refractivity contribution < 1.29 is 4.74 Å². The highest BCUT2D eigenvalue weighted by atomic mass is 16.5. The molecule has 0 aromatic carbocycles. The lowest BCUT2D eigenvalue weighted by molar-refractivity contribution is 0.0531. The van der Waals surface area contributed by atoms with Gasteiger partial charge in [0.1, 0.15) is 0 Å². The van der Waals surface area contributed by atoms with Crippen LogP contribution in [0.3, 0.4) is 0 Å². The van der Waals surface area contributed by atoms with Crippen molar-refractivity contribution >= 4 is 0 Å². The third-order valence-electron chi connectivity index (χ3n) is 4.05. The van der Waals surface area contributed by atoms with Crippen LogP contribution < -0.4 is 5.32 Å². The van der Waals surface area contributed by atoms with Gasteiger partial charge in [-0.3, -0.25) is 0 Å². The Morgan fingerprint density at radius 2 is 2.29 bits per heavy atom. The van der Waals surface area contributed by atoms with Gasteiger partial charge in [-0.2, -0.15) is 0 Å². The van der Waals surface area contributed by atoms with Crippen molar-refractivity contribution in [3.8, 4) is 0 Å². The van der Waals surface area contributed by atoms with Crippen LogP contribution in [0.1, 0.15) is 39.5 Å². The van der Waals surface area contributed by atoms with Crippen molar-refractivity contribution in [1.82, 2.24) is 5.32 Å². The second-order valence-electron chi connectivity index (χ2n) is 5.37. The first-order chi connectivity index (χ1) is 6.71. The zero-order valence-electron chi connectivity index (χ0n) is 9.51. The highest BCUT2D eigenvalue weighted by Gasteiger charge is 2.42. The molecule has 14 heavy (non-hydrogen) atoms. The molecule has 2 atom stereocenters. The Morgan fingerprint density at radius 1 is 1.50 bits per heavy atom. The monoisotopic (exact) mass is 197 g/mol. The van der Waals surface area contributed by atoms with Gasteiger partial charge in [-0.05, 0) is 43.9 Å². The second-order valence-corrected chi connectivity index (χ2v) is 5.37. The normalized spacial score (nSPS) is 32.6. The summed E-state index contributed by atoms with van der Waals surface area (Å²) in [6.07, 6.45) is 5.40. The first kappa shape index (κ1) is 10.4. The highest BCUT2D eigenvalue weighted by Crippen LogP contribution is 2.47. The van der Waals surface area contributed by atoms with Gasteiger partial charge in [-0.25, -0.2) is 0 Å². The van der Waals surface area contributed by atoms with Gasteiger partial charge in [-0.1, -0.05) is 6.92 Å². The molecule has 1 N–H and O–H groups in total. The highest BCUT2D eigenvalue weighted by molar-refractivity contribution is 4.96. The van der Waals surface area contributed by atoms with Crippen molar-refractivity contribution in [1.29, 1.82) is 0 Å². The zero-order valence-corrected chi connectivity index (χ0v) is 9.51. The first-order valence-corrected chi connectivity index (χ1v) is 6.02. The summed E-state index contributed by atoms with van der Waals surface area (Å²) < 4.78 is 5.48. The van der Waals surface area contributed by atoms with Gasteiger partial charge in [0.25, 0.3) is 0 Å². The van der Waals surface area contributed by atoms with Crippen LogP contribution in [0.4, 0.5) is 0 Å². The molecular weight excluding hydrogens is 174 g/mol. The molecule has 2 unspecified atom stereocenters. The van der Waals surface area contributed by atoms with E-state index >= 15 is 0 Å². The van der Waals surface area contributed by atoms with Gasteiger partial charge >= 0.3 is 0 Å². The van der Waals surface area contributed by atoms with E-state index in [-0.39, 0.29) is 0 Å². The van der Waals surface area contributed by atoms with Crippen LogP contribution in [0, 0.1) is 11.3 Å². The fourth-order valence-corrected chi connectivity index (χ4v) is 2.19. The van der Waals surface area contributed by atoms with E-state index in [4.69, 9.17) is 4.74 Å². The van der Waals surface area contributed by atoms with Crippen LogP contribution in [0.2, 0.25) is 0 Å². The summed E-state index contributed by atoms with van der Waals surface area (Å²) in [5, 5.41) is 3.67. The van der Waals surface area contributed by atoms with Gasteiger partial charge in [0, 0.05) is 19.2 Å². The predicted octanol–water partition coefficient (Wildman–Crippen LogP) is 2.19. The van der Waals surface area contributed by atoms with Gasteiger partial charge < -0.3 is 10.1 Å². The summed E-state index contributed by atoms with van der Waals surface area (Å²) in [5.74, 6) is 0.758. The van der Waals surface area contributed by atoms with Crippen molar-refractivity contribution in [3.63, 3.8) is 0 Å². The molecule has 0 aromatic heterocycles. The van der Waals surface area contributed by atoms with Gasteiger partial charge in [-0.15, -0.1) is 0 Å². The van der Waals surface area contributed by atoms with Crippen LogP contribution >= 0.6 is 0 Å². The second kappa shape index (κ2) is 4.19. The molecule has 1 saturated heterocycles. The number of ether oxygens (including phenoxy) is 1. The smallest absolute Gasteiger partial charge is 0.0506 e. The van der Waals surface area contributed by atoms with E-state index in [1.165, 1.54) is 25.7 Å². The van der Waals surface area contributed by atoms with E-state index in [0.29, 0.717) is 11.5 Å². The average Bonchev–Trinajstić information content (AvgIpc) is 2.96. The molecule has 2 nitrogen and oxygen atoms in total. The Hall–Kier alpha value is -0.0800. The molecule has 0 spiro atoms. The molecule has 82 valence electrons. The molecule has 2 rings (SSSR count). The molecule has 2 fully saturated rings. The zero-order chi connectivity index (χ0) is 10.0. The van der Waals surface area contributed by atoms with Crippen molar-refractivity contribution in [2.75, 3.05) is 19.8 Å². The predicted molar refractivity (Wildman–Crippen MR) is 58.3 cm³/mol. The lowest BCUT2D eigenvalue weighted by Crippen LogP contribution is -2.38. The molecule has 2 aliphatic rings. The Labute approximate surface area is 87.4 Å². The number of rotatable bonds is 4. The van der Waals surface area contributed by atoms with Crippen LogP contribution in [0.5, 0.6) is 0 Å². The van der Waals surface area contributed by atoms with Crippen LogP contribution in [0.25, 0.3) is 0 Å². The molecular formula is C12H23NO. The lowest BCUT2D eigenvalue weighted by Gasteiger charge is -2.26. The molecule has 1 saturated carbocycles. The van der Waals surface area contributed by atoms with Crippen LogP contribution in [0.15, 0.2) is 0 Å². The molecule has 0 amide bonds. The van der Waals surface area contributed by atoms with Crippen LogP contribution in [-0.4, -0.2) is 25.8 Å². The number of hydrogen-bond acceptors (Lipinski definition) is 2. The Kier molecular flexibility index (Phi) is 3.13. The minimum atomic E-state index is 0.607. The van der Waals surface area contributed by atoms with E-state index in [0.717, 1.165) is 25.7 Å². The van der Waals surface area contributed by atoms with E-state index in [1.807, 2.05) is 0 Å². The molecule has 2 heteroatoms. The standard InChI is InChI=1S/C12H23NO/c1-10(12(2)5-6-12)13-8-11-4-3-7-14-9-11/h10-11,13H,3-9H2,1-2H3. The fourth-order valence-electron chi connectivity index (χ4n) is 2.19. The van der Waals surface area contributed by atoms with Gasteiger partial charge in [0.2, 0.25) is 0 Å². The number of hydrogen-bond donors (Lipinski definition) is 1. The molecule has 0 aromatic rings. The van der Waals surface area contributed by atoms with Crippen molar-refractivity contribution in [2.45, 2.75) is 45.6 Å². The largest absolute Gasteiger partial charge is 0.381 e. The van der Waals surface area contributed by atoms with Crippen molar-refractivity contribution in [2.24, 2.45) is 11.3 Å². The van der Waals surface area contributed by atoms with Crippen LogP contribution in [-0.2, 0) is 4.74 Å². The van der Waals surface area contributed by atoms with E-state index < -0.39 is 0 Å². The fraction of sp³-hybridized carbons (Fsp3) is 1.00. The Balaban J connectivity index is 1.65. The third kappa shape index (κ3) is 2.48. The molecule has 1 aliphatic carbocycles. The number of nitrogens with one attached hydrogen (secondary N) is 1. The van der Waals surface area contributed by atoms with Gasteiger partial charge in [0.05, 0.1) is 6.61 Å². The minimum absolute atomic E-state index is 0.607. The van der Waals surface area contributed by atoms with Gasteiger partial charge in [0.15, 0.2) is 0 Å². The first-order valence-electron chi connectivity index (χ1n) is 6.02. The molecule has 0 radical (unpaired) electrons. The SMILES string of the molecule is CC(NCC1CCCOC1)C1(C)CC1. The summed E-state index contributed by atoms with van der Waals surface area (Å²) >= 11 is 0. The third-order valence-corrected chi connectivity index (χ3v) is 4.05. The maximum absolute atomic E-state index is 5.48. The van der Waals surface area contributed by atoms with E-state index in [9.17, 15) is 0 Å². The lowest BCUT2D eigenvalue weighted by atomic mass is 9.98. The molecule has 0 bridgehead atoms. The Morgan fingerprint density at radius 3 is 2.86 bits per heavy atom.